The summed E-state index contributed by atoms with van der Waals surface area (Å²) in [5, 5.41) is 2.78. The van der Waals surface area contributed by atoms with Crippen molar-refractivity contribution in [2.45, 2.75) is 6.42 Å². The Kier molecular flexibility index (Phi) is 4.31. The van der Waals surface area contributed by atoms with E-state index in [2.05, 4.69) is 10.3 Å². The average molecular weight is 261 g/mol. The Morgan fingerprint density at radius 3 is 2.56 bits per heavy atom. The van der Waals surface area contributed by atoms with Gasteiger partial charge in [0.15, 0.2) is 0 Å². The van der Waals surface area contributed by atoms with Crippen LogP contribution in [0.15, 0.2) is 48.7 Å². The van der Waals surface area contributed by atoms with Crippen molar-refractivity contribution >= 4 is 23.2 Å². The number of anilines is 1. The summed E-state index contributed by atoms with van der Waals surface area (Å²) in [6.07, 6.45) is 2.08. The summed E-state index contributed by atoms with van der Waals surface area (Å²) < 4.78 is 0. The van der Waals surface area contributed by atoms with E-state index in [9.17, 15) is 4.79 Å². The third-order valence-electron chi connectivity index (χ3n) is 2.45. The lowest BCUT2D eigenvalue weighted by molar-refractivity contribution is -0.115. The van der Waals surface area contributed by atoms with Crippen molar-refractivity contribution in [2.75, 3.05) is 11.2 Å². The molecule has 1 amide bonds. The molecular weight excluding hydrogens is 248 g/mol. The number of rotatable bonds is 4. The normalized spacial score (nSPS) is 10.1. The van der Waals surface area contributed by atoms with Crippen LogP contribution in [0.1, 0.15) is 6.42 Å². The van der Waals surface area contributed by atoms with Gasteiger partial charge in [0.1, 0.15) is 0 Å². The molecule has 0 fully saturated rings. The van der Waals surface area contributed by atoms with Gasteiger partial charge in [0, 0.05) is 29.7 Å². The van der Waals surface area contributed by atoms with Gasteiger partial charge in [-0.3, -0.25) is 9.78 Å². The lowest BCUT2D eigenvalue weighted by Gasteiger charge is -2.05. The molecule has 1 N–H and O–H groups in total. The number of halogens is 1. The van der Waals surface area contributed by atoms with Gasteiger partial charge in [0.25, 0.3) is 0 Å². The second-order valence-electron chi connectivity index (χ2n) is 3.78. The Labute approximate surface area is 111 Å². The van der Waals surface area contributed by atoms with Crippen LogP contribution >= 0.6 is 11.6 Å². The maximum atomic E-state index is 11.4. The van der Waals surface area contributed by atoms with Crippen LogP contribution in [0.2, 0.25) is 0 Å². The Morgan fingerprint density at radius 1 is 1.17 bits per heavy atom. The fourth-order valence-corrected chi connectivity index (χ4v) is 1.74. The van der Waals surface area contributed by atoms with Crippen molar-refractivity contribution < 1.29 is 4.79 Å². The van der Waals surface area contributed by atoms with E-state index >= 15 is 0 Å². The van der Waals surface area contributed by atoms with Gasteiger partial charge >= 0.3 is 0 Å². The number of carbonyl (C=O) groups is 1. The average Bonchev–Trinajstić information content (AvgIpc) is 2.41. The molecule has 18 heavy (non-hydrogen) atoms. The molecule has 0 bridgehead atoms. The molecular formula is C14H13ClN2O. The number of aromatic nitrogens is 1. The molecule has 0 spiro atoms. The van der Waals surface area contributed by atoms with Crippen LogP contribution in [0.4, 0.5) is 5.69 Å². The predicted octanol–water partition coefficient (Wildman–Crippen LogP) is 3.32. The third kappa shape index (κ3) is 3.31. The molecule has 1 aromatic carbocycles. The van der Waals surface area contributed by atoms with Crippen molar-refractivity contribution in [3.63, 3.8) is 0 Å². The number of amides is 1. The number of hydrogen-bond acceptors (Lipinski definition) is 2. The van der Waals surface area contributed by atoms with Crippen molar-refractivity contribution in [2.24, 2.45) is 0 Å². The number of alkyl halides is 1. The van der Waals surface area contributed by atoms with Crippen LogP contribution in [0.5, 0.6) is 0 Å². The molecule has 1 heterocycles. The number of benzene rings is 1. The van der Waals surface area contributed by atoms with Gasteiger partial charge in [-0.15, -0.1) is 11.6 Å². The standard InChI is InChI=1S/C14H13ClN2O/c15-9-8-14(18)17-12-6-4-11(5-7-12)13-3-1-2-10-16-13/h1-7,10H,8-9H2,(H,17,18). The number of hydrogen-bond donors (Lipinski definition) is 1. The van der Waals surface area contributed by atoms with Crippen molar-refractivity contribution in [3.8, 4) is 11.3 Å². The predicted molar refractivity (Wildman–Crippen MR) is 73.6 cm³/mol. The van der Waals surface area contributed by atoms with E-state index in [4.69, 9.17) is 11.6 Å². The molecule has 0 radical (unpaired) electrons. The van der Waals surface area contributed by atoms with Crippen molar-refractivity contribution in [3.05, 3.63) is 48.7 Å². The summed E-state index contributed by atoms with van der Waals surface area (Å²) in [6.45, 7) is 0. The van der Waals surface area contributed by atoms with Gasteiger partial charge in [-0.05, 0) is 24.3 Å². The molecule has 3 nitrogen and oxygen atoms in total. The minimum Gasteiger partial charge on any atom is -0.326 e. The molecule has 92 valence electrons. The zero-order chi connectivity index (χ0) is 12.8. The smallest absolute Gasteiger partial charge is 0.225 e. The molecule has 4 heteroatoms. The Morgan fingerprint density at radius 2 is 1.94 bits per heavy atom. The number of nitrogens with zero attached hydrogens (tertiary/aromatic N) is 1. The fraction of sp³-hybridized carbons (Fsp3) is 0.143. The first kappa shape index (κ1) is 12.6. The first-order valence-corrected chi connectivity index (χ1v) is 6.20. The maximum absolute atomic E-state index is 11.4. The fourth-order valence-electron chi connectivity index (χ4n) is 1.57. The molecule has 1 aromatic heterocycles. The highest BCUT2D eigenvalue weighted by atomic mass is 35.5. The highest BCUT2D eigenvalue weighted by Gasteiger charge is 2.02. The monoisotopic (exact) mass is 260 g/mol. The molecule has 0 aliphatic heterocycles. The molecule has 0 unspecified atom stereocenters. The van der Waals surface area contributed by atoms with Gasteiger partial charge in [0.05, 0.1) is 5.69 Å². The second kappa shape index (κ2) is 6.17. The Hall–Kier alpha value is -1.87. The SMILES string of the molecule is O=C(CCCl)Nc1ccc(-c2ccccn2)cc1. The van der Waals surface area contributed by atoms with E-state index in [1.165, 1.54) is 0 Å². The van der Waals surface area contributed by atoms with Gasteiger partial charge in [-0.1, -0.05) is 18.2 Å². The van der Waals surface area contributed by atoms with Gasteiger partial charge in [-0.2, -0.15) is 0 Å². The quantitative estimate of drug-likeness (QED) is 0.857. The highest BCUT2D eigenvalue weighted by Crippen LogP contribution is 2.19. The molecule has 0 saturated heterocycles. The van der Waals surface area contributed by atoms with Gasteiger partial charge < -0.3 is 5.32 Å². The van der Waals surface area contributed by atoms with E-state index in [-0.39, 0.29) is 5.91 Å². The number of pyridine rings is 1. The highest BCUT2D eigenvalue weighted by molar-refractivity contribution is 6.19. The largest absolute Gasteiger partial charge is 0.326 e. The summed E-state index contributed by atoms with van der Waals surface area (Å²) in [4.78, 5) is 15.6. The summed E-state index contributed by atoms with van der Waals surface area (Å²) >= 11 is 5.50. The minimum absolute atomic E-state index is 0.0735. The van der Waals surface area contributed by atoms with Crippen LogP contribution in [0.3, 0.4) is 0 Å². The van der Waals surface area contributed by atoms with Crippen LogP contribution < -0.4 is 5.32 Å². The molecule has 0 atom stereocenters. The van der Waals surface area contributed by atoms with E-state index in [1.807, 2.05) is 42.5 Å². The van der Waals surface area contributed by atoms with Crippen LogP contribution in [0, 0.1) is 0 Å². The second-order valence-corrected chi connectivity index (χ2v) is 4.16. The summed E-state index contributed by atoms with van der Waals surface area (Å²) in [5.74, 6) is 0.258. The maximum Gasteiger partial charge on any atom is 0.225 e. The van der Waals surface area contributed by atoms with Gasteiger partial charge in [0.2, 0.25) is 5.91 Å². The lowest BCUT2D eigenvalue weighted by atomic mass is 10.1. The summed E-state index contributed by atoms with van der Waals surface area (Å²) in [7, 11) is 0. The molecule has 0 saturated carbocycles. The first-order chi connectivity index (χ1) is 8.79. The number of carbonyl (C=O) groups excluding carboxylic acids is 1. The first-order valence-electron chi connectivity index (χ1n) is 5.67. The van der Waals surface area contributed by atoms with Gasteiger partial charge in [-0.25, -0.2) is 0 Å². The zero-order valence-corrected chi connectivity index (χ0v) is 10.5. The van der Waals surface area contributed by atoms with E-state index in [0.29, 0.717) is 12.3 Å². The third-order valence-corrected chi connectivity index (χ3v) is 2.64. The molecule has 0 aliphatic carbocycles. The van der Waals surface area contributed by atoms with Crippen molar-refractivity contribution in [1.29, 1.82) is 0 Å². The Bertz CT molecular complexity index is 511. The van der Waals surface area contributed by atoms with Crippen molar-refractivity contribution in [1.82, 2.24) is 4.98 Å². The molecule has 2 rings (SSSR count). The summed E-state index contributed by atoms with van der Waals surface area (Å²) in [5.41, 5.74) is 2.70. The topological polar surface area (TPSA) is 42.0 Å². The molecule has 0 aliphatic rings. The zero-order valence-electron chi connectivity index (χ0n) is 9.77. The Balaban J connectivity index is 2.09. The van der Waals surface area contributed by atoms with Crippen LogP contribution in [0.25, 0.3) is 11.3 Å². The van der Waals surface area contributed by atoms with Crippen LogP contribution in [-0.4, -0.2) is 16.8 Å². The minimum atomic E-state index is -0.0735. The lowest BCUT2D eigenvalue weighted by Crippen LogP contribution is -2.11. The van der Waals surface area contributed by atoms with E-state index in [1.54, 1.807) is 6.20 Å². The molecule has 2 aromatic rings. The summed E-state index contributed by atoms with van der Waals surface area (Å²) in [6, 6.07) is 13.3. The van der Waals surface area contributed by atoms with E-state index < -0.39 is 0 Å². The van der Waals surface area contributed by atoms with E-state index in [0.717, 1.165) is 16.9 Å². The number of nitrogens with one attached hydrogen (secondary N) is 1. The van der Waals surface area contributed by atoms with Crippen LogP contribution in [-0.2, 0) is 4.79 Å².